The van der Waals surface area contributed by atoms with Crippen LogP contribution in [0, 0.1) is 0 Å². The van der Waals surface area contributed by atoms with E-state index in [1.807, 2.05) is 0 Å². The lowest BCUT2D eigenvalue weighted by Crippen LogP contribution is -2.64. The number of ether oxygens (including phenoxy) is 2. The normalized spacial score (nSPS) is 31.6. The summed E-state index contributed by atoms with van der Waals surface area (Å²) in [6.07, 6.45) is -19.5. The van der Waals surface area contributed by atoms with Gasteiger partial charge in [-0.1, -0.05) is 0 Å². The highest BCUT2D eigenvalue weighted by molar-refractivity contribution is 5.04. The van der Waals surface area contributed by atoms with Crippen molar-refractivity contribution in [1.82, 2.24) is 4.90 Å². The molecule has 5 unspecified atom stereocenters. The van der Waals surface area contributed by atoms with E-state index < -0.39 is 55.5 Å². The monoisotopic (exact) mass is 387 g/mol. The molecule has 2 saturated heterocycles. The second-order valence-corrected chi connectivity index (χ2v) is 5.95. The quantitative estimate of drug-likeness (QED) is 0.581. The summed E-state index contributed by atoms with van der Waals surface area (Å²) in [5.41, 5.74) is -4.59. The molecule has 0 aromatic heterocycles. The van der Waals surface area contributed by atoms with Crippen molar-refractivity contribution in [2.75, 3.05) is 26.3 Å². The summed E-state index contributed by atoms with van der Waals surface area (Å²) in [5.74, 6) is -4.54. The first-order valence-corrected chi connectivity index (χ1v) is 7.49. The van der Waals surface area contributed by atoms with E-state index in [0.717, 1.165) is 0 Å². The van der Waals surface area contributed by atoms with E-state index in [0.29, 0.717) is 4.90 Å². The molecule has 0 radical (unpaired) electrons. The SMILES string of the molecule is OC(F)C(F)(F)C1CCC(C(F)(C(F)N2CCOCC2)C(F)(F)F)O1. The van der Waals surface area contributed by atoms with Gasteiger partial charge in [-0.3, -0.25) is 4.90 Å². The molecule has 12 heteroatoms. The van der Waals surface area contributed by atoms with Gasteiger partial charge in [0, 0.05) is 13.1 Å². The average Bonchev–Trinajstić information content (AvgIpc) is 3.04. The first-order chi connectivity index (χ1) is 11.4. The Kier molecular flexibility index (Phi) is 5.87. The molecule has 0 bridgehead atoms. The van der Waals surface area contributed by atoms with E-state index in [1.54, 1.807) is 0 Å². The number of hydrogen-bond donors (Lipinski definition) is 1. The molecule has 25 heavy (non-hydrogen) atoms. The summed E-state index contributed by atoms with van der Waals surface area (Å²) in [7, 11) is 0. The van der Waals surface area contributed by atoms with Gasteiger partial charge in [-0.05, 0) is 12.8 Å². The highest BCUT2D eigenvalue weighted by Crippen LogP contribution is 2.49. The molecule has 148 valence electrons. The van der Waals surface area contributed by atoms with E-state index in [2.05, 4.69) is 4.74 Å². The van der Waals surface area contributed by atoms with Gasteiger partial charge in [0.15, 0.2) is 6.30 Å². The maximum absolute atomic E-state index is 14.8. The third-order valence-electron chi connectivity index (χ3n) is 4.38. The number of aliphatic hydroxyl groups excluding tert-OH is 1. The number of hydrogen-bond acceptors (Lipinski definition) is 4. The molecule has 2 rings (SSSR count). The van der Waals surface area contributed by atoms with E-state index in [9.17, 15) is 35.1 Å². The predicted octanol–water partition coefficient (Wildman–Crippen LogP) is 2.36. The Bertz CT molecular complexity index is 457. The summed E-state index contributed by atoms with van der Waals surface area (Å²) in [6, 6.07) is 0. The Morgan fingerprint density at radius 2 is 1.44 bits per heavy atom. The van der Waals surface area contributed by atoms with Crippen LogP contribution in [0.15, 0.2) is 0 Å². The molecule has 2 aliphatic heterocycles. The van der Waals surface area contributed by atoms with Gasteiger partial charge in [0.25, 0.3) is 12.0 Å². The fraction of sp³-hybridized carbons (Fsp3) is 1.00. The molecule has 4 nitrogen and oxygen atoms in total. The third-order valence-corrected chi connectivity index (χ3v) is 4.38. The van der Waals surface area contributed by atoms with E-state index in [1.165, 1.54) is 0 Å². The molecule has 2 heterocycles. The van der Waals surface area contributed by atoms with Crippen LogP contribution in [-0.4, -0.2) is 78.9 Å². The summed E-state index contributed by atoms with van der Waals surface area (Å²) in [6.45, 7) is -0.875. The second-order valence-electron chi connectivity index (χ2n) is 5.95. The minimum Gasteiger partial charge on any atom is -0.379 e. The molecule has 5 atom stereocenters. The first kappa shape index (κ1) is 20.6. The maximum atomic E-state index is 14.8. The van der Waals surface area contributed by atoms with Crippen LogP contribution in [0.2, 0.25) is 0 Å². The number of alkyl halides is 8. The zero-order valence-corrected chi connectivity index (χ0v) is 12.8. The minimum atomic E-state index is -5.76. The number of aliphatic hydroxyl groups is 1. The molecular formula is C13H17F8NO3. The summed E-state index contributed by atoms with van der Waals surface area (Å²) in [5, 5.41) is 8.39. The van der Waals surface area contributed by atoms with Gasteiger partial charge < -0.3 is 14.6 Å². The zero-order valence-electron chi connectivity index (χ0n) is 12.8. The lowest BCUT2D eigenvalue weighted by atomic mass is 9.93. The lowest BCUT2D eigenvalue weighted by Gasteiger charge is -2.41. The van der Waals surface area contributed by atoms with Crippen LogP contribution in [0.3, 0.4) is 0 Å². The number of halogens is 8. The van der Waals surface area contributed by atoms with Crippen LogP contribution in [-0.2, 0) is 9.47 Å². The van der Waals surface area contributed by atoms with Gasteiger partial charge in [0.2, 0.25) is 0 Å². The van der Waals surface area contributed by atoms with Gasteiger partial charge in [-0.15, -0.1) is 0 Å². The Balaban J connectivity index is 2.23. The first-order valence-electron chi connectivity index (χ1n) is 7.49. The van der Waals surface area contributed by atoms with Gasteiger partial charge in [0.05, 0.1) is 13.2 Å². The summed E-state index contributed by atoms with van der Waals surface area (Å²) < 4.78 is 118. The Morgan fingerprint density at radius 1 is 0.920 bits per heavy atom. The molecule has 0 saturated carbocycles. The average molecular weight is 387 g/mol. The summed E-state index contributed by atoms with van der Waals surface area (Å²) in [4.78, 5) is 0.551. The molecule has 0 amide bonds. The summed E-state index contributed by atoms with van der Waals surface area (Å²) >= 11 is 0. The molecule has 1 N–H and O–H groups in total. The van der Waals surface area contributed by atoms with Crippen molar-refractivity contribution < 1.29 is 49.7 Å². The van der Waals surface area contributed by atoms with Crippen molar-refractivity contribution in [3.05, 3.63) is 0 Å². The molecular weight excluding hydrogens is 370 g/mol. The van der Waals surface area contributed by atoms with Crippen molar-refractivity contribution in [1.29, 1.82) is 0 Å². The van der Waals surface area contributed by atoms with Crippen molar-refractivity contribution in [3.63, 3.8) is 0 Å². The Labute approximate surface area is 137 Å². The van der Waals surface area contributed by atoms with Gasteiger partial charge in [0.1, 0.15) is 12.2 Å². The van der Waals surface area contributed by atoms with Crippen molar-refractivity contribution in [3.8, 4) is 0 Å². The minimum absolute atomic E-state index is 0.116. The fourth-order valence-electron chi connectivity index (χ4n) is 2.92. The van der Waals surface area contributed by atoms with E-state index in [-0.39, 0.29) is 26.3 Å². The molecule has 0 aliphatic carbocycles. The zero-order chi connectivity index (χ0) is 19.0. The largest absolute Gasteiger partial charge is 0.429 e. The lowest BCUT2D eigenvalue weighted by molar-refractivity contribution is -0.312. The fourth-order valence-corrected chi connectivity index (χ4v) is 2.92. The topological polar surface area (TPSA) is 41.9 Å². The predicted molar refractivity (Wildman–Crippen MR) is 67.1 cm³/mol. The molecule has 0 aromatic rings. The van der Waals surface area contributed by atoms with Crippen molar-refractivity contribution >= 4 is 0 Å². The highest BCUT2D eigenvalue weighted by Gasteiger charge is 2.70. The van der Waals surface area contributed by atoms with E-state index >= 15 is 0 Å². The standard InChI is InChI=1S/C13H17F8NO3/c14-9(22-3-5-24-6-4-22)11(16,13(19,20)21)7-1-2-8(25-7)12(17,18)10(15)23/h7-10,23H,1-6H2. The highest BCUT2D eigenvalue weighted by atomic mass is 19.4. The van der Waals surface area contributed by atoms with Crippen molar-refractivity contribution in [2.24, 2.45) is 0 Å². The van der Waals surface area contributed by atoms with Crippen LogP contribution in [0.1, 0.15) is 12.8 Å². The Morgan fingerprint density at radius 3 is 1.92 bits per heavy atom. The number of rotatable bonds is 5. The van der Waals surface area contributed by atoms with Gasteiger partial charge in [-0.2, -0.15) is 22.0 Å². The van der Waals surface area contributed by atoms with Crippen LogP contribution >= 0.6 is 0 Å². The van der Waals surface area contributed by atoms with Crippen LogP contribution in [0.4, 0.5) is 35.1 Å². The molecule has 0 spiro atoms. The van der Waals surface area contributed by atoms with Crippen LogP contribution < -0.4 is 0 Å². The number of morpholine rings is 1. The van der Waals surface area contributed by atoms with Crippen LogP contribution in [0.5, 0.6) is 0 Å². The van der Waals surface area contributed by atoms with Gasteiger partial charge >= 0.3 is 12.1 Å². The second kappa shape index (κ2) is 7.12. The molecule has 2 fully saturated rings. The maximum Gasteiger partial charge on any atom is 0.429 e. The third kappa shape index (κ3) is 3.71. The van der Waals surface area contributed by atoms with E-state index in [4.69, 9.17) is 9.84 Å². The molecule has 2 aliphatic rings. The van der Waals surface area contributed by atoms with Crippen LogP contribution in [0.25, 0.3) is 0 Å². The van der Waals surface area contributed by atoms with Gasteiger partial charge in [-0.25, -0.2) is 13.2 Å². The Hall–Kier alpha value is -0.720. The number of nitrogens with zero attached hydrogens (tertiary/aromatic N) is 1. The van der Waals surface area contributed by atoms with Crippen molar-refractivity contribution in [2.45, 2.75) is 55.5 Å². The smallest absolute Gasteiger partial charge is 0.379 e. The molecule has 0 aromatic carbocycles.